The molecule has 1 saturated heterocycles. The number of nitrogens with zero attached hydrogens (tertiary/aromatic N) is 1. The van der Waals surface area contributed by atoms with Crippen molar-refractivity contribution in [1.82, 2.24) is 0 Å². The maximum atomic E-state index is 13.2. The molecule has 0 N–H and O–H groups in total. The molecule has 0 radical (unpaired) electrons. The zero-order valence-corrected chi connectivity index (χ0v) is 20.1. The van der Waals surface area contributed by atoms with Crippen LogP contribution in [0.15, 0.2) is 82.6 Å². The van der Waals surface area contributed by atoms with Crippen molar-refractivity contribution in [3.63, 3.8) is 0 Å². The number of amides is 1. The molecule has 1 aliphatic heterocycles. The van der Waals surface area contributed by atoms with Crippen LogP contribution in [0.2, 0.25) is 0 Å². The summed E-state index contributed by atoms with van der Waals surface area (Å²) < 4.78 is 25.0. The summed E-state index contributed by atoms with van der Waals surface area (Å²) >= 11 is 8.31. The van der Waals surface area contributed by atoms with E-state index in [1.807, 2.05) is 36.4 Å². The molecular weight excluding hydrogens is 477 g/mol. The number of hydrogen-bond donors (Lipinski definition) is 0. The quantitative estimate of drug-likeness (QED) is 0.155. The SMILES string of the molecule is COc1cc(/C=C2\SC(=S)N(c3ccc(F)cc3)C2=O)ccc1OCCSc1ccccc1. The van der Waals surface area contributed by atoms with Gasteiger partial charge in [0.05, 0.1) is 24.3 Å². The molecule has 1 amide bonds. The number of carbonyl (C=O) groups excluding carboxylic acids is 1. The van der Waals surface area contributed by atoms with Crippen LogP contribution >= 0.6 is 35.7 Å². The van der Waals surface area contributed by atoms with Crippen LogP contribution in [0.25, 0.3) is 6.08 Å². The second-order valence-electron chi connectivity index (χ2n) is 6.91. The molecule has 0 aliphatic carbocycles. The average Bonchev–Trinajstić information content (AvgIpc) is 3.11. The van der Waals surface area contributed by atoms with Gasteiger partial charge in [0, 0.05) is 10.6 Å². The molecule has 1 fully saturated rings. The summed E-state index contributed by atoms with van der Waals surface area (Å²) in [6.07, 6.45) is 1.76. The van der Waals surface area contributed by atoms with Crippen LogP contribution in [0.3, 0.4) is 0 Å². The normalized spacial score (nSPS) is 14.7. The highest BCUT2D eigenvalue weighted by molar-refractivity contribution is 8.27. The van der Waals surface area contributed by atoms with E-state index in [-0.39, 0.29) is 11.7 Å². The Kier molecular flexibility index (Phi) is 7.69. The zero-order valence-electron chi connectivity index (χ0n) is 17.7. The van der Waals surface area contributed by atoms with Crippen molar-refractivity contribution in [3.05, 3.63) is 89.1 Å². The molecule has 0 spiro atoms. The molecule has 0 atom stereocenters. The molecule has 3 aromatic carbocycles. The number of rotatable bonds is 8. The first-order valence-electron chi connectivity index (χ1n) is 10.1. The summed E-state index contributed by atoms with van der Waals surface area (Å²) in [5.41, 5.74) is 1.33. The van der Waals surface area contributed by atoms with E-state index in [0.717, 1.165) is 11.3 Å². The average molecular weight is 498 g/mol. The number of thiocarbonyl (C=S) groups is 1. The summed E-state index contributed by atoms with van der Waals surface area (Å²) in [5, 5.41) is 0. The zero-order chi connectivity index (χ0) is 23.2. The Hall–Kier alpha value is -2.81. The van der Waals surface area contributed by atoms with Gasteiger partial charge >= 0.3 is 0 Å². The lowest BCUT2D eigenvalue weighted by Gasteiger charge is -2.14. The molecule has 1 aliphatic rings. The van der Waals surface area contributed by atoms with E-state index >= 15 is 0 Å². The van der Waals surface area contributed by atoms with E-state index in [9.17, 15) is 9.18 Å². The Morgan fingerprint density at radius 2 is 1.82 bits per heavy atom. The van der Waals surface area contributed by atoms with Crippen molar-refractivity contribution in [2.24, 2.45) is 0 Å². The molecule has 8 heteroatoms. The monoisotopic (exact) mass is 497 g/mol. The van der Waals surface area contributed by atoms with Gasteiger partial charge in [0.25, 0.3) is 5.91 Å². The molecule has 0 bridgehead atoms. The molecule has 0 unspecified atom stereocenters. The van der Waals surface area contributed by atoms with Gasteiger partial charge in [-0.3, -0.25) is 9.69 Å². The fourth-order valence-electron chi connectivity index (χ4n) is 3.15. The summed E-state index contributed by atoms with van der Waals surface area (Å²) in [7, 11) is 1.58. The van der Waals surface area contributed by atoms with E-state index in [0.29, 0.717) is 33.0 Å². The Morgan fingerprint density at radius 3 is 2.55 bits per heavy atom. The molecule has 4 nitrogen and oxygen atoms in total. The highest BCUT2D eigenvalue weighted by Gasteiger charge is 2.33. The standard InChI is InChI=1S/C25H20FNO3S3/c1-29-22-15-17(7-12-21(22)30-13-14-32-20-5-3-2-4-6-20)16-23-24(28)27(25(31)33-23)19-10-8-18(26)9-11-19/h2-12,15-16H,13-14H2,1H3/b23-16-. The minimum absolute atomic E-state index is 0.242. The van der Waals surface area contributed by atoms with Gasteiger partial charge < -0.3 is 9.47 Å². The van der Waals surface area contributed by atoms with Crippen LogP contribution in [-0.2, 0) is 4.79 Å². The Bertz CT molecular complexity index is 1180. The van der Waals surface area contributed by atoms with Crippen LogP contribution in [0.4, 0.5) is 10.1 Å². The van der Waals surface area contributed by atoms with Gasteiger partial charge in [0.15, 0.2) is 15.8 Å². The number of hydrogen-bond acceptors (Lipinski definition) is 6. The number of methoxy groups -OCH3 is 1. The molecule has 4 rings (SSSR count). The third-order valence-electron chi connectivity index (χ3n) is 4.72. The summed E-state index contributed by atoms with van der Waals surface area (Å²) in [6.45, 7) is 0.533. The van der Waals surface area contributed by atoms with Crippen LogP contribution < -0.4 is 14.4 Å². The van der Waals surface area contributed by atoms with Crippen molar-refractivity contribution >= 4 is 57.7 Å². The highest BCUT2D eigenvalue weighted by atomic mass is 32.2. The van der Waals surface area contributed by atoms with Crippen molar-refractivity contribution in [2.75, 3.05) is 24.4 Å². The number of carbonyl (C=O) groups is 1. The predicted octanol–water partition coefficient (Wildman–Crippen LogP) is 6.41. The molecule has 0 saturated carbocycles. The summed E-state index contributed by atoms with van der Waals surface area (Å²) in [6, 6.07) is 21.4. The largest absolute Gasteiger partial charge is 0.493 e. The minimum atomic E-state index is -0.368. The Morgan fingerprint density at radius 1 is 1.06 bits per heavy atom. The van der Waals surface area contributed by atoms with E-state index in [2.05, 4.69) is 12.1 Å². The first-order chi connectivity index (χ1) is 16.0. The second-order valence-corrected chi connectivity index (χ2v) is 9.76. The molecule has 168 valence electrons. The first-order valence-corrected chi connectivity index (χ1v) is 12.3. The van der Waals surface area contributed by atoms with Crippen LogP contribution in [0.1, 0.15) is 5.56 Å². The van der Waals surface area contributed by atoms with Gasteiger partial charge in [-0.15, -0.1) is 11.8 Å². The van der Waals surface area contributed by atoms with Crippen LogP contribution in [-0.4, -0.2) is 29.7 Å². The number of anilines is 1. The second kappa shape index (κ2) is 10.9. The lowest BCUT2D eigenvalue weighted by Crippen LogP contribution is -2.27. The predicted molar refractivity (Wildman–Crippen MR) is 138 cm³/mol. The number of thioether (sulfide) groups is 2. The maximum Gasteiger partial charge on any atom is 0.270 e. The van der Waals surface area contributed by atoms with Crippen molar-refractivity contribution in [3.8, 4) is 11.5 Å². The number of halogens is 1. The van der Waals surface area contributed by atoms with E-state index < -0.39 is 0 Å². The third kappa shape index (κ3) is 5.76. The van der Waals surface area contributed by atoms with Crippen LogP contribution in [0, 0.1) is 5.82 Å². The Labute approximate surface area is 205 Å². The van der Waals surface area contributed by atoms with Crippen molar-refractivity contribution < 1.29 is 18.7 Å². The molecule has 3 aromatic rings. The highest BCUT2D eigenvalue weighted by Crippen LogP contribution is 2.37. The van der Waals surface area contributed by atoms with E-state index in [1.54, 1.807) is 24.9 Å². The third-order valence-corrected chi connectivity index (χ3v) is 7.00. The first kappa shape index (κ1) is 23.4. The molecule has 33 heavy (non-hydrogen) atoms. The van der Waals surface area contributed by atoms with E-state index in [1.165, 1.54) is 45.8 Å². The lowest BCUT2D eigenvalue weighted by molar-refractivity contribution is -0.113. The number of benzene rings is 3. The van der Waals surface area contributed by atoms with Gasteiger partial charge in [-0.25, -0.2) is 4.39 Å². The number of ether oxygens (including phenoxy) is 2. The minimum Gasteiger partial charge on any atom is -0.493 e. The van der Waals surface area contributed by atoms with E-state index in [4.69, 9.17) is 21.7 Å². The lowest BCUT2D eigenvalue weighted by atomic mass is 10.2. The van der Waals surface area contributed by atoms with Gasteiger partial charge in [-0.1, -0.05) is 48.2 Å². The Balaban J connectivity index is 1.43. The topological polar surface area (TPSA) is 38.8 Å². The molecular formula is C25H20FNO3S3. The van der Waals surface area contributed by atoms with Crippen LogP contribution in [0.5, 0.6) is 11.5 Å². The fourth-order valence-corrected chi connectivity index (χ4v) is 5.20. The maximum absolute atomic E-state index is 13.2. The fraction of sp³-hybridized carbons (Fsp3) is 0.120. The molecule has 1 heterocycles. The van der Waals surface area contributed by atoms with Crippen molar-refractivity contribution in [1.29, 1.82) is 0 Å². The smallest absolute Gasteiger partial charge is 0.270 e. The van der Waals surface area contributed by atoms with Gasteiger partial charge in [0.1, 0.15) is 5.82 Å². The van der Waals surface area contributed by atoms with Gasteiger partial charge in [0.2, 0.25) is 0 Å². The van der Waals surface area contributed by atoms with Crippen molar-refractivity contribution in [2.45, 2.75) is 4.90 Å². The van der Waals surface area contributed by atoms with Gasteiger partial charge in [-0.05, 0) is 60.2 Å². The molecule has 0 aromatic heterocycles. The summed E-state index contributed by atoms with van der Waals surface area (Å²) in [5.74, 6) is 1.42. The van der Waals surface area contributed by atoms with Gasteiger partial charge in [-0.2, -0.15) is 0 Å². The summed E-state index contributed by atoms with van der Waals surface area (Å²) in [4.78, 5) is 16.0.